The van der Waals surface area contributed by atoms with Crippen LogP contribution in [0.4, 0.5) is 5.69 Å². The number of hydrogen-bond acceptors (Lipinski definition) is 4. The van der Waals surface area contributed by atoms with Gasteiger partial charge in [-0.2, -0.15) is 0 Å². The zero-order chi connectivity index (χ0) is 10.0. The van der Waals surface area contributed by atoms with E-state index in [2.05, 4.69) is 15.9 Å². The fourth-order valence-electron chi connectivity index (χ4n) is 1.04. The van der Waals surface area contributed by atoms with Gasteiger partial charge in [-0.25, -0.2) is 0 Å². The molecular weight excluding hydrogens is 236 g/mol. The average Bonchev–Trinajstić information content (AvgIpc) is 2.12. The highest BCUT2D eigenvalue weighted by atomic mass is 79.9. The smallest absolute Gasteiger partial charge is 0.144 e. The monoisotopic (exact) mass is 246 g/mol. The Labute approximate surface area is 84.3 Å². The van der Waals surface area contributed by atoms with Crippen LogP contribution in [0.2, 0.25) is 0 Å². The Morgan fingerprint density at radius 1 is 1.46 bits per heavy atom. The molecule has 13 heavy (non-hydrogen) atoms. The molecule has 0 heterocycles. The maximum Gasteiger partial charge on any atom is 0.144 e. The number of anilines is 1. The fourth-order valence-corrected chi connectivity index (χ4v) is 1.66. The number of hydrogen-bond donors (Lipinski definition) is 4. The Balaban J connectivity index is 3.25. The number of rotatable bonds is 2. The molecule has 0 aromatic heterocycles. The van der Waals surface area contributed by atoms with Crippen molar-refractivity contribution in [2.45, 2.75) is 6.04 Å². The van der Waals surface area contributed by atoms with Crippen LogP contribution in [0, 0.1) is 0 Å². The van der Waals surface area contributed by atoms with Gasteiger partial charge >= 0.3 is 0 Å². The summed E-state index contributed by atoms with van der Waals surface area (Å²) in [6.45, 7) is -0.240. The van der Waals surface area contributed by atoms with Crippen LogP contribution in [0.15, 0.2) is 16.6 Å². The molecule has 0 radical (unpaired) electrons. The molecule has 0 fully saturated rings. The van der Waals surface area contributed by atoms with E-state index < -0.39 is 6.04 Å². The van der Waals surface area contributed by atoms with Gasteiger partial charge in [-0.3, -0.25) is 0 Å². The van der Waals surface area contributed by atoms with Crippen molar-refractivity contribution in [1.29, 1.82) is 0 Å². The summed E-state index contributed by atoms with van der Waals surface area (Å²) in [6, 6.07) is 2.62. The summed E-state index contributed by atoms with van der Waals surface area (Å²) in [4.78, 5) is 0. The van der Waals surface area contributed by atoms with Crippen LogP contribution in [-0.2, 0) is 0 Å². The number of phenolic OH excluding ortho intramolecular Hbond substituents is 1. The second kappa shape index (κ2) is 3.95. The zero-order valence-electron chi connectivity index (χ0n) is 6.87. The Morgan fingerprint density at radius 2 is 2.08 bits per heavy atom. The molecule has 5 heteroatoms. The molecule has 1 rings (SSSR count). The predicted molar refractivity (Wildman–Crippen MR) is 54.2 cm³/mol. The van der Waals surface area contributed by atoms with E-state index in [1.54, 1.807) is 12.1 Å². The molecule has 0 bridgehead atoms. The van der Waals surface area contributed by atoms with E-state index in [0.29, 0.717) is 10.0 Å². The standard InChI is InChI=1S/C8H11BrN2O2/c9-4-1-2-5(10)8(13)7(4)6(11)3-12/h1-2,6,12-13H,3,10-11H2. The molecule has 0 aliphatic rings. The van der Waals surface area contributed by atoms with E-state index in [9.17, 15) is 5.11 Å². The first-order chi connectivity index (χ1) is 6.07. The van der Waals surface area contributed by atoms with Gasteiger partial charge < -0.3 is 21.7 Å². The first-order valence-corrected chi connectivity index (χ1v) is 4.50. The molecule has 0 amide bonds. The highest BCUT2D eigenvalue weighted by Crippen LogP contribution is 2.34. The van der Waals surface area contributed by atoms with Crippen LogP contribution in [0.3, 0.4) is 0 Å². The van der Waals surface area contributed by atoms with Crippen molar-refractivity contribution in [2.75, 3.05) is 12.3 Å². The molecule has 72 valence electrons. The highest BCUT2D eigenvalue weighted by Gasteiger charge is 2.15. The van der Waals surface area contributed by atoms with Gasteiger partial charge in [0, 0.05) is 10.0 Å². The lowest BCUT2D eigenvalue weighted by atomic mass is 10.1. The van der Waals surface area contributed by atoms with Crippen molar-refractivity contribution >= 4 is 21.6 Å². The van der Waals surface area contributed by atoms with Gasteiger partial charge in [0.15, 0.2) is 0 Å². The zero-order valence-corrected chi connectivity index (χ0v) is 8.45. The topological polar surface area (TPSA) is 92.5 Å². The van der Waals surface area contributed by atoms with E-state index in [4.69, 9.17) is 16.6 Å². The number of aliphatic hydroxyl groups excluding tert-OH is 1. The van der Waals surface area contributed by atoms with Gasteiger partial charge in [0.2, 0.25) is 0 Å². The number of halogens is 1. The summed E-state index contributed by atoms with van der Waals surface area (Å²) in [7, 11) is 0. The van der Waals surface area contributed by atoms with Gasteiger partial charge in [-0.05, 0) is 12.1 Å². The minimum atomic E-state index is -0.627. The second-order valence-corrected chi connectivity index (χ2v) is 3.54. The Bertz CT molecular complexity index is 317. The third-order valence-corrected chi connectivity index (χ3v) is 2.45. The Morgan fingerprint density at radius 3 is 2.62 bits per heavy atom. The summed E-state index contributed by atoms with van der Waals surface area (Å²) in [5.41, 5.74) is 11.7. The molecular formula is C8H11BrN2O2. The quantitative estimate of drug-likeness (QED) is 0.458. The number of phenols is 1. The lowest BCUT2D eigenvalue weighted by molar-refractivity contribution is 0.265. The summed E-state index contributed by atoms with van der Waals surface area (Å²) >= 11 is 3.22. The van der Waals surface area contributed by atoms with Crippen LogP contribution < -0.4 is 11.5 Å². The Hall–Kier alpha value is -0.780. The molecule has 0 aliphatic heterocycles. The van der Waals surface area contributed by atoms with Crippen LogP contribution >= 0.6 is 15.9 Å². The number of benzene rings is 1. The molecule has 4 nitrogen and oxygen atoms in total. The summed E-state index contributed by atoms with van der Waals surface area (Å²) in [6.07, 6.45) is 0. The first-order valence-electron chi connectivity index (χ1n) is 3.71. The number of nitrogen functional groups attached to an aromatic ring is 1. The SMILES string of the molecule is Nc1ccc(Br)c(C(N)CO)c1O. The van der Waals surface area contributed by atoms with Crippen LogP contribution in [0.1, 0.15) is 11.6 Å². The lowest BCUT2D eigenvalue weighted by Crippen LogP contribution is -2.15. The molecule has 1 unspecified atom stereocenters. The van der Waals surface area contributed by atoms with Gasteiger partial charge in [0.25, 0.3) is 0 Å². The Kier molecular flexibility index (Phi) is 3.13. The summed E-state index contributed by atoms with van der Waals surface area (Å²) < 4.78 is 0.640. The lowest BCUT2D eigenvalue weighted by Gasteiger charge is -2.14. The van der Waals surface area contributed by atoms with E-state index >= 15 is 0 Å². The minimum absolute atomic E-state index is 0.0732. The maximum absolute atomic E-state index is 9.53. The third kappa shape index (κ3) is 1.93. The maximum atomic E-state index is 9.53. The largest absolute Gasteiger partial charge is 0.505 e. The van der Waals surface area contributed by atoms with Crippen molar-refractivity contribution in [1.82, 2.24) is 0 Å². The normalized spacial score (nSPS) is 12.8. The minimum Gasteiger partial charge on any atom is -0.505 e. The molecule has 1 aromatic carbocycles. The molecule has 0 saturated heterocycles. The molecule has 0 saturated carbocycles. The highest BCUT2D eigenvalue weighted by molar-refractivity contribution is 9.10. The van der Waals surface area contributed by atoms with Crippen molar-refractivity contribution in [3.63, 3.8) is 0 Å². The van der Waals surface area contributed by atoms with Crippen molar-refractivity contribution < 1.29 is 10.2 Å². The predicted octanol–water partition coefficient (Wildman–Crippen LogP) is 0.729. The third-order valence-electron chi connectivity index (χ3n) is 1.76. The van der Waals surface area contributed by atoms with Crippen LogP contribution in [-0.4, -0.2) is 16.8 Å². The number of nitrogens with two attached hydrogens (primary N) is 2. The molecule has 1 atom stereocenters. The van der Waals surface area contributed by atoms with E-state index in [-0.39, 0.29) is 18.0 Å². The molecule has 6 N–H and O–H groups in total. The number of aromatic hydroxyl groups is 1. The fraction of sp³-hybridized carbons (Fsp3) is 0.250. The van der Waals surface area contributed by atoms with Gasteiger partial charge in [-0.1, -0.05) is 15.9 Å². The first kappa shape index (κ1) is 10.3. The van der Waals surface area contributed by atoms with Gasteiger partial charge in [0.05, 0.1) is 18.3 Å². The van der Waals surface area contributed by atoms with E-state index in [1.165, 1.54) is 0 Å². The summed E-state index contributed by atoms with van der Waals surface area (Å²) in [5.74, 6) is -0.0732. The van der Waals surface area contributed by atoms with Crippen LogP contribution in [0.5, 0.6) is 5.75 Å². The van der Waals surface area contributed by atoms with Crippen molar-refractivity contribution in [3.8, 4) is 5.75 Å². The molecule has 1 aromatic rings. The average molecular weight is 247 g/mol. The molecule has 0 spiro atoms. The van der Waals surface area contributed by atoms with Crippen molar-refractivity contribution in [3.05, 3.63) is 22.2 Å². The van der Waals surface area contributed by atoms with Gasteiger partial charge in [0.1, 0.15) is 5.75 Å². The van der Waals surface area contributed by atoms with Crippen molar-refractivity contribution in [2.24, 2.45) is 5.73 Å². The second-order valence-electron chi connectivity index (χ2n) is 2.69. The molecule has 0 aliphatic carbocycles. The number of aliphatic hydroxyl groups is 1. The van der Waals surface area contributed by atoms with E-state index in [0.717, 1.165) is 0 Å². The summed E-state index contributed by atoms with van der Waals surface area (Å²) in [5, 5.41) is 18.4. The van der Waals surface area contributed by atoms with E-state index in [1.807, 2.05) is 0 Å². The van der Waals surface area contributed by atoms with Gasteiger partial charge in [-0.15, -0.1) is 0 Å². The van der Waals surface area contributed by atoms with Crippen LogP contribution in [0.25, 0.3) is 0 Å².